The molecule has 0 spiro atoms. The van der Waals surface area contributed by atoms with Gasteiger partial charge in [0.15, 0.2) is 0 Å². The average molecular weight is 390 g/mol. The number of hydrogen-bond donors (Lipinski definition) is 2. The largest absolute Gasteiger partial charge is 0.497 e. The summed E-state index contributed by atoms with van der Waals surface area (Å²) in [4.78, 5) is 12.5. The Morgan fingerprint density at radius 2 is 1.66 bits per heavy atom. The lowest BCUT2D eigenvalue weighted by atomic mass is 10.0. The van der Waals surface area contributed by atoms with E-state index in [-0.39, 0.29) is 11.9 Å². The SMILES string of the molecule is COc1ccc(-c2cc(N[C@@H](C)C(=O)NCc3ccccc3)ccc2OC)cc1. The fourth-order valence-corrected chi connectivity index (χ4v) is 3.05. The molecule has 0 heterocycles. The summed E-state index contributed by atoms with van der Waals surface area (Å²) in [6.07, 6.45) is 0. The van der Waals surface area contributed by atoms with Gasteiger partial charge < -0.3 is 20.1 Å². The van der Waals surface area contributed by atoms with Crippen molar-refractivity contribution in [2.24, 2.45) is 0 Å². The van der Waals surface area contributed by atoms with E-state index < -0.39 is 0 Å². The monoisotopic (exact) mass is 390 g/mol. The molecular weight excluding hydrogens is 364 g/mol. The molecular formula is C24H26N2O3. The number of methoxy groups -OCH3 is 2. The molecule has 2 N–H and O–H groups in total. The number of ether oxygens (including phenoxy) is 2. The normalized spacial score (nSPS) is 11.4. The van der Waals surface area contributed by atoms with E-state index in [2.05, 4.69) is 10.6 Å². The van der Waals surface area contributed by atoms with Crippen LogP contribution in [-0.2, 0) is 11.3 Å². The third-order valence-corrected chi connectivity index (χ3v) is 4.69. The molecule has 0 aliphatic carbocycles. The molecule has 0 bridgehead atoms. The quantitative estimate of drug-likeness (QED) is 0.595. The number of nitrogens with one attached hydrogen (secondary N) is 2. The third-order valence-electron chi connectivity index (χ3n) is 4.69. The van der Waals surface area contributed by atoms with Gasteiger partial charge in [0.2, 0.25) is 5.91 Å². The van der Waals surface area contributed by atoms with Crippen LogP contribution < -0.4 is 20.1 Å². The molecule has 0 saturated heterocycles. The van der Waals surface area contributed by atoms with Crippen LogP contribution in [0.5, 0.6) is 11.5 Å². The van der Waals surface area contributed by atoms with E-state index in [1.54, 1.807) is 14.2 Å². The molecule has 0 aliphatic rings. The molecule has 150 valence electrons. The summed E-state index contributed by atoms with van der Waals surface area (Å²) in [7, 11) is 3.29. The number of carbonyl (C=O) groups excluding carboxylic acids is 1. The maximum absolute atomic E-state index is 12.5. The Balaban J connectivity index is 1.70. The van der Waals surface area contributed by atoms with Crippen molar-refractivity contribution in [2.45, 2.75) is 19.5 Å². The average Bonchev–Trinajstić information content (AvgIpc) is 2.78. The maximum Gasteiger partial charge on any atom is 0.242 e. The molecule has 0 fully saturated rings. The summed E-state index contributed by atoms with van der Waals surface area (Å²) in [6, 6.07) is 23.1. The van der Waals surface area contributed by atoms with Crippen LogP contribution in [0, 0.1) is 0 Å². The van der Waals surface area contributed by atoms with Crippen LogP contribution in [0.3, 0.4) is 0 Å². The minimum atomic E-state index is -0.379. The zero-order chi connectivity index (χ0) is 20.6. The molecule has 1 atom stereocenters. The van der Waals surface area contributed by atoms with Crippen LogP contribution in [0.1, 0.15) is 12.5 Å². The van der Waals surface area contributed by atoms with Crippen molar-refractivity contribution < 1.29 is 14.3 Å². The lowest BCUT2D eigenvalue weighted by molar-refractivity contribution is -0.121. The summed E-state index contributed by atoms with van der Waals surface area (Å²) < 4.78 is 10.7. The summed E-state index contributed by atoms with van der Waals surface area (Å²) in [5, 5.41) is 6.23. The number of carbonyl (C=O) groups is 1. The van der Waals surface area contributed by atoms with Crippen LogP contribution in [0.4, 0.5) is 5.69 Å². The molecule has 1 amide bonds. The highest BCUT2D eigenvalue weighted by Crippen LogP contribution is 2.33. The second-order valence-corrected chi connectivity index (χ2v) is 6.71. The maximum atomic E-state index is 12.5. The second-order valence-electron chi connectivity index (χ2n) is 6.71. The third kappa shape index (κ3) is 5.29. The van der Waals surface area contributed by atoms with Gasteiger partial charge in [-0.2, -0.15) is 0 Å². The molecule has 5 nitrogen and oxygen atoms in total. The Kier molecular flexibility index (Phi) is 6.74. The Morgan fingerprint density at radius 1 is 0.931 bits per heavy atom. The van der Waals surface area contributed by atoms with E-state index in [9.17, 15) is 4.79 Å². The molecule has 3 rings (SSSR count). The van der Waals surface area contributed by atoms with Crippen molar-refractivity contribution >= 4 is 11.6 Å². The minimum absolute atomic E-state index is 0.0596. The van der Waals surface area contributed by atoms with E-state index in [0.717, 1.165) is 33.9 Å². The van der Waals surface area contributed by atoms with Crippen molar-refractivity contribution in [1.29, 1.82) is 0 Å². The first kappa shape index (κ1) is 20.3. The molecule has 0 aromatic heterocycles. The van der Waals surface area contributed by atoms with E-state index in [1.807, 2.05) is 79.7 Å². The molecule has 0 aliphatic heterocycles. The van der Waals surface area contributed by atoms with Crippen molar-refractivity contribution in [3.63, 3.8) is 0 Å². The van der Waals surface area contributed by atoms with Gasteiger partial charge in [0, 0.05) is 17.8 Å². The Labute approximate surface area is 171 Å². The first-order chi connectivity index (χ1) is 14.1. The van der Waals surface area contributed by atoms with Gasteiger partial charge in [-0.25, -0.2) is 0 Å². The number of hydrogen-bond acceptors (Lipinski definition) is 4. The van der Waals surface area contributed by atoms with Crippen LogP contribution in [0.25, 0.3) is 11.1 Å². The lowest BCUT2D eigenvalue weighted by Crippen LogP contribution is -2.37. The fraction of sp³-hybridized carbons (Fsp3) is 0.208. The van der Waals surface area contributed by atoms with E-state index >= 15 is 0 Å². The Hall–Kier alpha value is -3.47. The van der Waals surface area contributed by atoms with Crippen LogP contribution in [-0.4, -0.2) is 26.2 Å². The smallest absolute Gasteiger partial charge is 0.242 e. The number of rotatable bonds is 8. The van der Waals surface area contributed by atoms with Gasteiger partial charge in [-0.05, 0) is 48.4 Å². The molecule has 3 aromatic carbocycles. The Morgan fingerprint density at radius 3 is 2.31 bits per heavy atom. The highest BCUT2D eigenvalue weighted by atomic mass is 16.5. The van der Waals surface area contributed by atoms with E-state index in [1.165, 1.54) is 0 Å². The second kappa shape index (κ2) is 9.64. The minimum Gasteiger partial charge on any atom is -0.497 e. The number of anilines is 1. The summed E-state index contributed by atoms with van der Waals surface area (Å²) >= 11 is 0. The van der Waals surface area contributed by atoms with Gasteiger partial charge in [0.1, 0.15) is 17.5 Å². The lowest BCUT2D eigenvalue weighted by Gasteiger charge is -2.17. The summed E-state index contributed by atoms with van der Waals surface area (Å²) in [5.74, 6) is 1.50. The van der Waals surface area contributed by atoms with Crippen LogP contribution in [0.2, 0.25) is 0 Å². The first-order valence-electron chi connectivity index (χ1n) is 9.51. The van der Waals surface area contributed by atoms with Crippen LogP contribution >= 0.6 is 0 Å². The highest BCUT2D eigenvalue weighted by molar-refractivity contribution is 5.85. The highest BCUT2D eigenvalue weighted by Gasteiger charge is 2.14. The molecule has 0 radical (unpaired) electrons. The molecule has 3 aromatic rings. The summed E-state index contributed by atoms with van der Waals surface area (Å²) in [5.41, 5.74) is 3.86. The van der Waals surface area contributed by atoms with E-state index in [4.69, 9.17) is 9.47 Å². The zero-order valence-corrected chi connectivity index (χ0v) is 16.9. The molecule has 0 unspecified atom stereocenters. The van der Waals surface area contributed by atoms with Crippen molar-refractivity contribution in [3.05, 3.63) is 78.4 Å². The van der Waals surface area contributed by atoms with Crippen molar-refractivity contribution in [1.82, 2.24) is 5.32 Å². The summed E-state index contributed by atoms with van der Waals surface area (Å²) in [6.45, 7) is 2.35. The molecule has 5 heteroatoms. The predicted molar refractivity (Wildman–Crippen MR) is 116 cm³/mol. The first-order valence-corrected chi connectivity index (χ1v) is 9.51. The van der Waals surface area contributed by atoms with Crippen LogP contribution in [0.15, 0.2) is 72.8 Å². The topological polar surface area (TPSA) is 59.6 Å². The van der Waals surface area contributed by atoms with Gasteiger partial charge in [0.25, 0.3) is 0 Å². The van der Waals surface area contributed by atoms with Crippen molar-refractivity contribution in [3.8, 4) is 22.6 Å². The molecule has 0 saturated carbocycles. The standard InChI is InChI=1S/C24H26N2O3/c1-17(24(27)25-16-18-7-5-4-6-8-18)26-20-11-14-23(29-3)22(15-20)19-9-12-21(28-2)13-10-19/h4-15,17,26H,16H2,1-3H3,(H,25,27)/t17-/m0/s1. The number of amides is 1. The van der Waals surface area contributed by atoms with Gasteiger partial charge >= 0.3 is 0 Å². The van der Waals surface area contributed by atoms with Gasteiger partial charge in [-0.1, -0.05) is 42.5 Å². The molecule has 29 heavy (non-hydrogen) atoms. The predicted octanol–water partition coefficient (Wildman–Crippen LogP) is 4.49. The van der Waals surface area contributed by atoms with E-state index in [0.29, 0.717) is 6.54 Å². The van der Waals surface area contributed by atoms with Gasteiger partial charge in [-0.3, -0.25) is 4.79 Å². The fourth-order valence-electron chi connectivity index (χ4n) is 3.05. The van der Waals surface area contributed by atoms with Gasteiger partial charge in [0.05, 0.1) is 14.2 Å². The zero-order valence-electron chi connectivity index (χ0n) is 16.9. The van der Waals surface area contributed by atoms with Gasteiger partial charge in [-0.15, -0.1) is 0 Å². The Bertz CT molecular complexity index is 940. The van der Waals surface area contributed by atoms with Crippen molar-refractivity contribution in [2.75, 3.05) is 19.5 Å². The number of benzene rings is 3.